The molecule has 96 valence electrons. The SMILES string of the molecule is CCc1ccc(CC(C)(C)NC(=O)CC#N)cc1. The lowest BCUT2D eigenvalue weighted by atomic mass is 9.94. The smallest absolute Gasteiger partial charge is 0.234 e. The maximum atomic E-state index is 11.4. The van der Waals surface area contributed by atoms with Gasteiger partial charge >= 0.3 is 0 Å². The number of nitrogens with zero attached hydrogens (tertiary/aromatic N) is 1. The second-order valence-electron chi connectivity index (χ2n) is 5.11. The Morgan fingerprint density at radius 3 is 2.33 bits per heavy atom. The summed E-state index contributed by atoms with van der Waals surface area (Å²) < 4.78 is 0. The number of carbonyl (C=O) groups excluding carboxylic acids is 1. The molecular formula is C15H20N2O. The van der Waals surface area contributed by atoms with Gasteiger partial charge in [-0.15, -0.1) is 0 Å². The molecule has 0 aliphatic carbocycles. The molecule has 18 heavy (non-hydrogen) atoms. The number of nitrogens with one attached hydrogen (secondary N) is 1. The third-order valence-corrected chi connectivity index (χ3v) is 2.79. The van der Waals surface area contributed by atoms with E-state index in [1.807, 2.05) is 19.9 Å². The van der Waals surface area contributed by atoms with E-state index < -0.39 is 0 Å². The van der Waals surface area contributed by atoms with Gasteiger partial charge < -0.3 is 5.32 Å². The fourth-order valence-electron chi connectivity index (χ4n) is 1.94. The van der Waals surface area contributed by atoms with E-state index in [9.17, 15) is 4.79 Å². The lowest BCUT2D eigenvalue weighted by molar-refractivity contribution is -0.121. The lowest BCUT2D eigenvalue weighted by Crippen LogP contribution is -2.44. The molecule has 1 aromatic carbocycles. The third-order valence-electron chi connectivity index (χ3n) is 2.79. The highest BCUT2D eigenvalue weighted by Crippen LogP contribution is 2.14. The van der Waals surface area contributed by atoms with Crippen LogP contribution >= 0.6 is 0 Å². The van der Waals surface area contributed by atoms with Gasteiger partial charge in [0.25, 0.3) is 0 Å². The van der Waals surface area contributed by atoms with Gasteiger partial charge in [-0.1, -0.05) is 31.2 Å². The van der Waals surface area contributed by atoms with Crippen molar-refractivity contribution in [2.24, 2.45) is 0 Å². The van der Waals surface area contributed by atoms with Crippen LogP contribution in [0.1, 0.15) is 38.3 Å². The second-order valence-corrected chi connectivity index (χ2v) is 5.11. The number of amides is 1. The molecule has 0 spiro atoms. The van der Waals surface area contributed by atoms with Crippen molar-refractivity contribution in [3.05, 3.63) is 35.4 Å². The molecule has 1 rings (SSSR count). The highest BCUT2D eigenvalue weighted by atomic mass is 16.1. The van der Waals surface area contributed by atoms with E-state index in [-0.39, 0.29) is 17.9 Å². The summed E-state index contributed by atoms with van der Waals surface area (Å²) in [7, 11) is 0. The number of nitriles is 1. The van der Waals surface area contributed by atoms with Crippen LogP contribution in [0.4, 0.5) is 0 Å². The zero-order chi connectivity index (χ0) is 13.6. The van der Waals surface area contributed by atoms with Crippen LogP contribution < -0.4 is 5.32 Å². The highest BCUT2D eigenvalue weighted by molar-refractivity contribution is 5.78. The quantitative estimate of drug-likeness (QED) is 0.865. The number of hydrogen-bond acceptors (Lipinski definition) is 2. The Morgan fingerprint density at radius 2 is 1.83 bits per heavy atom. The Hall–Kier alpha value is -1.82. The lowest BCUT2D eigenvalue weighted by Gasteiger charge is -2.26. The van der Waals surface area contributed by atoms with Crippen molar-refractivity contribution in [3.8, 4) is 6.07 Å². The maximum absolute atomic E-state index is 11.4. The molecule has 3 nitrogen and oxygen atoms in total. The zero-order valence-electron chi connectivity index (χ0n) is 11.3. The maximum Gasteiger partial charge on any atom is 0.234 e. The van der Waals surface area contributed by atoms with Gasteiger partial charge in [0.05, 0.1) is 6.07 Å². The van der Waals surface area contributed by atoms with Crippen molar-refractivity contribution in [1.29, 1.82) is 5.26 Å². The van der Waals surface area contributed by atoms with Gasteiger partial charge in [0.2, 0.25) is 5.91 Å². The van der Waals surface area contributed by atoms with Crippen molar-refractivity contribution in [2.45, 2.75) is 45.6 Å². The topological polar surface area (TPSA) is 52.9 Å². The van der Waals surface area contributed by atoms with E-state index in [1.54, 1.807) is 0 Å². The predicted molar refractivity (Wildman–Crippen MR) is 72.0 cm³/mol. The molecule has 0 radical (unpaired) electrons. The van der Waals surface area contributed by atoms with Crippen LogP contribution in [-0.4, -0.2) is 11.4 Å². The van der Waals surface area contributed by atoms with Gasteiger partial charge in [0, 0.05) is 5.54 Å². The molecule has 0 fully saturated rings. The summed E-state index contributed by atoms with van der Waals surface area (Å²) in [6.45, 7) is 6.06. The summed E-state index contributed by atoms with van der Waals surface area (Å²) in [6.07, 6.45) is 1.70. The molecule has 0 saturated heterocycles. The fourth-order valence-corrected chi connectivity index (χ4v) is 1.94. The average molecular weight is 244 g/mol. The predicted octanol–water partition coefficient (Wildman–Crippen LogP) is 2.60. The molecule has 0 heterocycles. The van der Waals surface area contributed by atoms with Gasteiger partial charge in [-0.25, -0.2) is 0 Å². The van der Waals surface area contributed by atoms with Gasteiger partial charge in [0.15, 0.2) is 0 Å². The van der Waals surface area contributed by atoms with Crippen LogP contribution in [0, 0.1) is 11.3 Å². The molecule has 0 aromatic heterocycles. The summed E-state index contributed by atoms with van der Waals surface area (Å²) in [5.41, 5.74) is 2.17. The van der Waals surface area contributed by atoms with Crippen LogP contribution in [0.5, 0.6) is 0 Å². The first-order chi connectivity index (χ1) is 8.46. The van der Waals surface area contributed by atoms with E-state index in [0.717, 1.165) is 12.8 Å². The minimum absolute atomic E-state index is 0.0851. The Bertz CT molecular complexity index is 441. The Kier molecular flexibility index (Phi) is 4.91. The van der Waals surface area contributed by atoms with E-state index in [0.29, 0.717) is 0 Å². The van der Waals surface area contributed by atoms with E-state index in [2.05, 4.69) is 36.5 Å². The molecule has 0 atom stereocenters. The first-order valence-electron chi connectivity index (χ1n) is 6.22. The molecule has 0 saturated carbocycles. The summed E-state index contributed by atoms with van der Waals surface area (Å²) in [5.74, 6) is -0.215. The van der Waals surface area contributed by atoms with Crippen molar-refractivity contribution < 1.29 is 4.79 Å². The van der Waals surface area contributed by atoms with Crippen molar-refractivity contribution in [1.82, 2.24) is 5.32 Å². The molecule has 0 bridgehead atoms. The Morgan fingerprint density at radius 1 is 1.28 bits per heavy atom. The summed E-state index contributed by atoms with van der Waals surface area (Å²) in [4.78, 5) is 11.4. The Labute approximate surface area is 109 Å². The summed E-state index contributed by atoms with van der Waals surface area (Å²) in [6, 6.07) is 10.3. The van der Waals surface area contributed by atoms with Crippen LogP contribution in [0.3, 0.4) is 0 Å². The normalized spacial score (nSPS) is 10.8. The van der Waals surface area contributed by atoms with Crippen molar-refractivity contribution in [2.75, 3.05) is 0 Å². The van der Waals surface area contributed by atoms with Crippen LogP contribution in [0.2, 0.25) is 0 Å². The van der Waals surface area contributed by atoms with Crippen LogP contribution in [0.15, 0.2) is 24.3 Å². The fraction of sp³-hybridized carbons (Fsp3) is 0.467. The summed E-state index contributed by atoms with van der Waals surface area (Å²) >= 11 is 0. The van der Waals surface area contributed by atoms with Gasteiger partial charge in [-0.3, -0.25) is 4.79 Å². The molecule has 1 N–H and O–H groups in total. The molecule has 3 heteroatoms. The Balaban J connectivity index is 2.64. The monoisotopic (exact) mass is 244 g/mol. The van der Waals surface area contributed by atoms with Gasteiger partial charge in [-0.2, -0.15) is 5.26 Å². The highest BCUT2D eigenvalue weighted by Gasteiger charge is 2.20. The largest absolute Gasteiger partial charge is 0.350 e. The standard InChI is InChI=1S/C15H20N2O/c1-4-12-5-7-13(8-6-12)11-15(2,3)17-14(18)9-10-16/h5-8H,4,9,11H2,1-3H3,(H,17,18). The first-order valence-corrected chi connectivity index (χ1v) is 6.22. The number of benzene rings is 1. The minimum Gasteiger partial charge on any atom is -0.350 e. The van der Waals surface area contributed by atoms with E-state index >= 15 is 0 Å². The van der Waals surface area contributed by atoms with Gasteiger partial charge in [0.1, 0.15) is 6.42 Å². The van der Waals surface area contributed by atoms with E-state index in [1.165, 1.54) is 11.1 Å². The third kappa shape index (κ3) is 4.58. The number of carbonyl (C=O) groups is 1. The van der Waals surface area contributed by atoms with Crippen LogP contribution in [-0.2, 0) is 17.6 Å². The van der Waals surface area contributed by atoms with E-state index in [4.69, 9.17) is 5.26 Å². The molecule has 1 amide bonds. The number of aryl methyl sites for hydroxylation is 1. The number of hydrogen-bond donors (Lipinski definition) is 1. The zero-order valence-corrected chi connectivity index (χ0v) is 11.3. The first kappa shape index (κ1) is 14.2. The van der Waals surface area contributed by atoms with Crippen LogP contribution in [0.25, 0.3) is 0 Å². The molecular weight excluding hydrogens is 224 g/mol. The van der Waals surface area contributed by atoms with Crippen molar-refractivity contribution in [3.63, 3.8) is 0 Å². The second kappa shape index (κ2) is 6.20. The molecule has 0 aliphatic heterocycles. The molecule has 1 aromatic rings. The minimum atomic E-state index is -0.332. The van der Waals surface area contributed by atoms with Crippen molar-refractivity contribution >= 4 is 5.91 Å². The van der Waals surface area contributed by atoms with Gasteiger partial charge in [-0.05, 0) is 37.8 Å². The summed E-state index contributed by atoms with van der Waals surface area (Å²) in [5, 5.41) is 11.3. The number of rotatable bonds is 5. The average Bonchev–Trinajstić information content (AvgIpc) is 2.29. The molecule has 0 unspecified atom stereocenters. The molecule has 0 aliphatic rings.